The van der Waals surface area contributed by atoms with Crippen LogP contribution in [0.25, 0.3) is 0 Å². The number of rotatable bonds is 3. The largest absolute Gasteiger partial charge is 0.339 e. The maximum Gasteiger partial charge on any atom is 0.254 e. The van der Waals surface area contributed by atoms with Crippen molar-refractivity contribution in [3.05, 3.63) is 35.4 Å². The number of carbonyl (C=O) groups is 1. The maximum absolute atomic E-state index is 12.6. The molecule has 0 bridgehead atoms. The minimum absolute atomic E-state index is 0.179. The summed E-state index contributed by atoms with van der Waals surface area (Å²) < 4.78 is 0. The van der Waals surface area contributed by atoms with Gasteiger partial charge in [0.15, 0.2) is 0 Å². The number of hydrogen-bond acceptors (Lipinski definition) is 2. The van der Waals surface area contributed by atoms with Crippen LogP contribution < -0.4 is 5.73 Å². The van der Waals surface area contributed by atoms with Crippen LogP contribution in [0.15, 0.2) is 24.3 Å². The quantitative estimate of drug-likeness (QED) is 0.907. The van der Waals surface area contributed by atoms with E-state index in [0.29, 0.717) is 6.54 Å². The highest BCUT2D eigenvalue weighted by Crippen LogP contribution is 2.19. The van der Waals surface area contributed by atoms with Gasteiger partial charge in [0.2, 0.25) is 0 Å². The lowest BCUT2D eigenvalue weighted by Crippen LogP contribution is -2.32. The Hall–Kier alpha value is -1.35. The minimum Gasteiger partial charge on any atom is -0.339 e. The van der Waals surface area contributed by atoms with E-state index in [1.165, 1.54) is 6.42 Å². The molecule has 1 aliphatic heterocycles. The normalized spacial score (nSPS) is 20.1. The summed E-state index contributed by atoms with van der Waals surface area (Å²) in [6, 6.07) is 7.86. The number of hydrogen-bond donors (Lipinski definition) is 1. The summed E-state index contributed by atoms with van der Waals surface area (Å²) in [6.07, 6.45) is 4.23. The average Bonchev–Trinajstić information content (AvgIpc) is 2.64. The van der Waals surface area contributed by atoms with E-state index in [1.54, 1.807) is 0 Å². The Morgan fingerprint density at radius 3 is 2.89 bits per heavy atom. The second-order valence-electron chi connectivity index (χ2n) is 5.52. The van der Waals surface area contributed by atoms with Crippen LogP contribution in [0.2, 0.25) is 0 Å². The molecule has 1 aromatic rings. The van der Waals surface area contributed by atoms with Crippen molar-refractivity contribution < 1.29 is 4.79 Å². The van der Waals surface area contributed by atoms with Gasteiger partial charge in [0.05, 0.1) is 0 Å². The lowest BCUT2D eigenvalue weighted by molar-refractivity contribution is 0.0759. The molecule has 2 N–H and O–H groups in total. The van der Waals surface area contributed by atoms with Crippen molar-refractivity contribution in [1.82, 2.24) is 4.90 Å². The second kappa shape index (κ2) is 6.71. The van der Waals surface area contributed by atoms with E-state index >= 15 is 0 Å². The van der Waals surface area contributed by atoms with Crippen molar-refractivity contribution in [2.45, 2.75) is 32.6 Å². The average molecular weight is 260 g/mol. The molecule has 0 radical (unpaired) electrons. The molecule has 1 fully saturated rings. The van der Waals surface area contributed by atoms with E-state index in [1.807, 2.05) is 29.2 Å². The number of benzene rings is 1. The molecule has 1 aliphatic rings. The molecule has 19 heavy (non-hydrogen) atoms. The van der Waals surface area contributed by atoms with Crippen LogP contribution in [-0.2, 0) is 6.42 Å². The molecule has 1 amide bonds. The highest BCUT2D eigenvalue weighted by molar-refractivity contribution is 5.95. The van der Waals surface area contributed by atoms with Crippen LogP contribution in [0, 0.1) is 5.92 Å². The highest BCUT2D eigenvalue weighted by Gasteiger charge is 2.21. The summed E-state index contributed by atoms with van der Waals surface area (Å²) >= 11 is 0. The van der Waals surface area contributed by atoms with Gasteiger partial charge in [-0.2, -0.15) is 0 Å². The number of amides is 1. The van der Waals surface area contributed by atoms with Crippen molar-refractivity contribution in [2.75, 3.05) is 19.6 Å². The molecule has 3 heteroatoms. The fourth-order valence-corrected chi connectivity index (χ4v) is 2.74. The van der Waals surface area contributed by atoms with Gasteiger partial charge in [0.25, 0.3) is 5.91 Å². The van der Waals surface area contributed by atoms with E-state index in [4.69, 9.17) is 5.73 Å². The van der Waals surface area contributed by atoms with Gasteiger partial charge in [-0.05, 0) is 49.8 Å². The first-order valence-electron chi connectivity index (χ1n) is 7.29. The summed E-state index contributed by atoms with van der Waals surface area (Å²) in [5.41, 5.74) is 7.54. The van der Waals surface area contributed by atoms with Crippen LogP contribution in [-0.4, -0.2) is 30.4 Å². The highest BCUT2D eigenvalue weighted by atomic mass is 16.2. The zero-order valence-corrected chi connectivity index (χ0v) is 11.8. The Morgan fingerprint density at radius 1 is 1.32 bits per heavy atom. The Morgan fingerprint density at radius 2 is 2.11 bits per heavy atom. The standard InChI is InChI=1S/C16H24N2O/c1-13-5-4-11-18(12-9-13)16(19)15-7-3-2-6-14(15)8-10-17/h2-3,6-7,13H,4-5,8-12,17H2,1H3. The van der Waals surface area contributed by atoms with Crippen molar-refractivity contribution >= 4 is 5.91 Å². The first-order chi connectivity index (χ1) is 9.22. The first kappa shape index (κ1) is 14.1. The predicted molar refractivity (Wildman–Crippen MR) is 78.1 cm³/mol. The minimum atomic E-state index is 0.179. The molecule has 0 aliphatic carbocycles. The zero-order chi connectivity index (χ0) is 13.7. The fraction of sp³-hybridized carbons (Fsp3) is 0.562. The third-order valence-corrected chi connectivity index (χ3v) is 3.97. The van der Waals surface area contributed by atoms with Crippen LogP contribution in [0.4, 0.5) is 0 Å². The topological polar surface area (TPSA) is 46.3 Å². The lowest BCUT2D eigenvalue weighted by atomic mass is 10.0. The predicted octanol–water partition coefficient (Wildman–Crippen LogP) is 2.45. The zero-order valence-electron chi connectivity index (χ0n) is 11.8. The van der Waals surface area contributed by atoms with Crippen molar-refractivity contribution in [1.29, 1.82) is 0 Å². The maximum atomic E-state index is 12.6. The molecule has 2 rings (SSSR count). The number of nitrogens with zero attached hydrogens (tertiary/aromatic N) is 1. The third-order valence-electron chi connectivity index (χ3n) is 3.97. The van der Waals surface area contributed by atoms with E-state index in [0.717, 1.165) is 49.4 Å². The summed E-state index contributed by atoms with van der Waals surface area (Å²) in [4.78, 5) is 14.7. The van der Waals surface area contributed by atoms with E-state index in [2.05, 4.69) is 6.92 Å². The molecule has 1 unspecified atom stereocenters. The Kier molecular flexibility index (Phi) is 4.97. The number of likely N-dealkylation sites (tertiary alicyclic amines) is 1. The van der Waals surface area contributed by atoms with Gasteiger partial charge < -0.3 is 10.6 Å². The van der Waals surface area contributed by atoms with Crippen molar-refractivity contribution in [3.8, 4) is 0 Å². The van der Waals surface area contributed by atoms with Gasteiger partial charge in [0, 0.05) is 18.7 Å². The van der Waals surface area contributed by atoms with E-state index < -0.39 is 0 Å². The monoisotopic (exact) mass is 260 g/mol. The van der Waals surface area contributed by atoms with Gasteiger partial charge in [0.1, 0.15) is 0 Å². The number of carbonyl (C=O) groups excluding carboxylic acids is 1. The van der Waals surface area contributed by atoms with Gasteiger partial charge in [-0.15, -0.1) is 0 Å². The smallest absolute Gasteiger partial charge is 0.254 e. The molecule has 0 spiro atoms. The van der Waals surface area contributed by atoms with E-state index in [-0.39, 0.29) is 5.91 Å². The van der Waals surface area contributed by atoms with Gasteiger partial charge >= 0.3 is 0 Å². The molecule has 3 nitrogen and oxygen atoms in total. The van der Waals surface area contributed by atoms with Gasteiger partial charge in [-0.1, -0.05) is 25.1 Å². The molecular formula is C16H24N2O. The molecule has 1 aromatic carbocycles. The molecule has 0 aromatic heterocycles. The van der Waals surface area contributed by atoms with Crippen molar-refractivity contribution in [3.63, 3.8) is 0 Å². The first-order valence-corrected chi connectivity index (χ1v) is 7.29. The van der Waals surface area contributed by atoms with E-state index in [9.17, 15) is 4.79 Å². The summed E-state index contributed by atoms with van der Waals surface area (Å²) in [5, 5.41) is 0. The fourth-order valence-electron chi connectivity index (χ4n) is 2.74. The Balaban J connectivity index is 2.14. The van der Waals surface area contributed by atoms with Crippen LogP contribution in [0.5, 0.6) is 0 Å². The van der Waals surface area contributed by atoms with Crippen molar-refractivity contribution in [2.24, 2.45) is 11.7 Å². The third kappa shape index (κ3) is 3.57. The second-order valence-corrected chi connectivity index (χ2v) is 5.52. The molecule has 1 atom stereocenters. The summed E-state index contributed by atoms with van der Waals surface area (Å²) in [7, 11) is 0. The molecule has 1 saturated heterocycles. The summed E-state index contributed by atoms with van der Waals surface area (Å²) in [5.74, 6) is 0.912. The van der Waals surface area contributed by atoms with Gasteiger partial charge in [-0.3, -0.25) is 4.79 Å². The van der Waals surface area contributed by atoms with Crippen LogP contribution >= 0.6 is 0 Å². The molecule has 1 heterocycles. The molecular weight excluding hydrogens is 236 g/mol. The van der Waals surface area contributed by atoms with Crippen LogP contribution in [0.1, 0.15) is 42.1 Å². The Labute approximate surface area is 115 Å². The number of nitrogens with two attached hydrogens (primary N) is 1. The molecule has 0 saturated carbocycles. The summed E-state index contributed by atoms with van der Waals surface area (Å²) in [6.45, 7) is 4.63. The van der Waals surface area contributed by atoms with Gasteiger partial charge in [-0.25, -0.2) is 0 Å². The Bertz CT molecular complexity index is 431. The van der Waals surface area contributed by atoms with Crippen LogP contribution in [0.3, 0.4) is 0 Å². The molecule has 104 valence electrons. The lowest BCUT2D eigenvalue weighted by Gasteiger charge is -2.22. The SMILES string of the molecule is CC1CCCN(C(=O)c2ccccc2CCN)CC1.